The molecule has 0 fully saturated rings. The van der Waals surface area contributed by atoms with Crippen molar-refractivity contribution >= 4 is 46.4 Å². The maximum Gasteiger partial charge on any atom is 0.170 e. The zero-order valence-corrected chi connectivity index (χ0v) is 14.5. The molecule has 0 unspecified atom stereocenters. The van der Waals surface area contributed by atoms with E-state index in [0.717, 1.165) is 11.4 Å². The zero-order chi connectivity index (χ0) is 16.7. The van der Waals surface area contributed by atoms with Crippen LogP contribution >= 0.6 is 35.6 Å². The number of hydrogen-bond donors (Lipinski definition) is 2. The number of benzene rings is 2. The summed E-state index contributed by atoms with van der Waals surface area (Å²) in [4.78, 5) is 0. The molecule has 0 aliphatic carbocycles. The summed E-state index contributed by atoms with van der Waals surface area (Å²) in [5.74, 6) is 0.672. The highest BCUT2D eigenvalue weighted by Gasteiger charge is 2.06. The van der Waals surface area contributed by atoms with E-state index in [1.54, 1.807) is 36.0 Å². The summed E-state index contributed by atoms with van der Waals surface area (Å²) in [5, 5.41) is 6.90. The van der Waals surface area contributed by atoms with Crippen LogP contribution in [0.4, 0.5) is 14.5 Å². The van der Waals surface area contributed by atoms with Crippen molar-refractivity contribution in [3.05, 3.63) is 64.7 Å². The van der Waals surface area contributed by atoms with E-state index >= 15 is 0 Å². The van der Waals surface area contributed by atoms with Crippen LogP contribution in [0.5, 0.6) is 0 Å². The third kappa shape index (κ3) is 5.97. The second-order valence-electron chi connectivity index (χ2n) is 4.64. The minimum Gasteiger partial charge on any atom is -0.362 e. The lowest BCUT2D eigenvalue weighted by atomic mass is 10.2. The summed E-state index contributed by atoms with van der Waals surface area (Å²) < 4.78 is 26.4. The van der Waals surface area contributed by atoms with Gasteiger partial charge in [0.05, 0.1) is 0 Å². The quantitative estimate of drug-likeness (QED) is 0.559. The molecule has 2 rings (SSSR count). The van der Waals surface area contributed by atoms with Gasteiger partial charge in [-0.25, -0.2) is 8.78 Å². The molecule has 0 amide bonds. The first-order valence-corrected chi connectivity index (χ1v) is 8.81. The lowest BCUT2D eigenvalue weighted by molar-refractivity contribution is 0.617. The Balaban J connectivity index is 1.67. The second kappa shape index (κ2) is 9.05. The molecule has 0 radical (unpaired) electrons. The van der Waals surface area contributed by atoms with Crippen LogP contribution in [0.15, 0.2) is 42.5 Å². The molecule has 0 aromatic heterocycles. The number of hydrogen-bond acceptors (Lipinski definition) is 2. The predicted octanol–water partition coefficient (Wildman–Crippen LogP) is 4.84. The zero-order valence-electron chi connectivity index (χ0n) is 12.1. The van der Waals surface area contributed by atoms with Crippen LogP contribution in [0.2, 0.25) is 5.02 Å². The maximum absolute atomic E-state index is 13.6. The molecule has 2 aromatic carbocycles. The molecule has 2 N–H and O–H groups in total. The number of thiocarbonyl (C=S) groups is 1. The van der Waals surface area contributed by atoms with Gasteiger partial charge in [0.15, 0.2) is 5.11 Å². The average Bonchev–Trinajstić information content (AvgIpc) is 2.52. The Labute approximate surface area is 148 Å². The van der Waals surface area contributed by atoms with Gasteiger partial charge in [-0.2, -0.15) is 11.8 Å². The van der Waals surface area contributed by atoms with Gasteiger partial charge in [-0.15, -0.1) is 0 Å². The van der Waals surface area contributed by atoms with Gasteiger partial charge in [0.2, 0.25) is 0 Å². The minimum absolute atomic E-state index is 0.286. The van der Waals surface area contributed by atoms with Crippen LogP contribution in [-0.2, 0) is 5.75 Å². The number of anilines is 1. The van der Waals surface area contributed by atoms with Gasteiger partial charge in [-0.05, 0) is 48.6 Å². The standard InChI is InChI=1S/C16H15ClF2N2S2/c17-14-2-1-3-15(19)13(14)10-23-9-8-20-16(22)21-12-6-4-11(18)5-7-12/h1-7H,8-10H2,(H2,20,21,22). The van der Waals surface area contributed by atoms with E-state index in [1.165, 1.54) is 18.2 Å². The van der Waals surface area contributed by atoms with Crippen LogP contribution in [0.25, 0.3) is 0 Å². The molecular formula is C16H15ClF2N2S2. The van der Waals surface area contributed by atoms with Crippen molar-refractivity contribution in [2.75, 3.05) is 17.6 Å². The summed E-state index contributed by atoms with van der Waals surface area (Å²) >= 11 is 12.7. The molecule has 0 aliphatic heterocycles. The fourth-order valence-electron chi connectivity index (χ4n) is 1.79. The van der Waals surface area contributed by atoms with Crippen molar-refractivity contribution in [3.63, 3.8) is 0 Å². The van der Waals surface area contributed by atoms with E-state index in [-0.39, 0.29) is 11.6 Å². The molecule has 7 heteroatoms. The largest absolute Gasteiger partial charge is 0.362 e. The highest BCUT2D eigenvalue weighted by molar-refractivity contribution is 7.98. The summed E-state index contributed by atoms with van der Waals surface area (Å²) in [5.41, 5.74) is 1.24. The van der Waals surface area contributed by atoms with Crippen molar-refractivity contribution in [1.29, 1.82) is 0 Å². The van der Waals surface area contributed by atoms with Crippen LogP contribution in [0, 0.1) is 11.6 Å². The Bertz CT molecular complexity index is 645. The van der Waals surface area contributed by atoms with Crippen molar-refractivity contribution < 1.29 is 8.78 Å². The molecule has 0 heterocycles. The van der Waals surface area contributed by atoms with E-state index in [9.17, 15) is 8.78 Å². The van der Waals surface area contributed by atoms with E-state index in [4.69, 9.17) is 23.8 Å². The molecule has 2 aromatic rings. The van der Waals surface area contributed by atoms with Crippen molar-refractivity contribution in [2.24, 2.45) is 0 Å². The summed E-state index contributed by atoms with van der Waals surface area (Å²) in [6.07, 6.45) is 0. The first kappa shape index (κ1) is 18.0. The average molecular weight is 373 g/mol. The SMILES string of the molecule is Fc1ccc(NC(=S)NCCSCc2c(F)cccc2Cl)cc1. The topological polar surface area (TPSA) is 24.1 Å². The predicted molar refractivity (Wildman–Crippen MR) is 98.2 cm³/mol. The molecule has 0 atom stereocenters. The Kier molecular flexibility index (Phi) is 7.08. The van der Waals surface area contributed by atoms with Gasteiger partial charge in [0.25, 0.3) is 0 Å². The van der Waals surface area contributed by atoms with E-state index in [0.29, 0.717) is 28.0 Å². The highest BCUT2D eigenvalue weighted by atomic mass is 35.5. The Hall–Kier alpha value is -1.37. The number of nitrogens with one attached hydrogen (secondary N) is 2. The van der Waals surface area contributed by atoms with Gasteiger partial charge in [-0.1, -0.05) is 17.7 Å². The molecule has 2 nitrogen and oxygen atoms in total. The lowest BCUT2D eigenvalue weighted by Crippen LogP contribution is -2.30. The summed E-state index contributed by atoms with van der Waals surface area (Å²) in [6, 6.07) is 10.6. The van der Waals surface area contributed by atoms with Crippen molar-refractivity contribution in [2.45, 2.75) is 5.75 Å². The summed E-state index contributed by atoms with van der Waals surface area (Å²) in [7, 11) is 0. The highest BCUT2D eigenvalue weighted by Crippen LogP contribution is 2.23. The fourth-order valence-corrected chi connectivity index (χ4v) is 3.21. The Morgan fingerprint density at radius 3 is 2.57 bits per heavy atom. The Morgan fingerprint density at radius 1 is 1.13 bits per heavy atom. The third-order valence-corrected chi connectivity index (χ3v) is 4.53. The molecule has 23 heavy (non-hydrogen) atoms. The van der Waals surface area contributed by atoms with Crippen molar-refractivity contribution in [1.82, 2.24) is 5.32 Å². The van der Waals surface area contributed by atoms with Gasteiger partial charge in [0, 0.05) is 34.3 Å². The molecule has 0 saturated heterocycles. The van der Waals surface area contributed by atoms with Crippen molar-refractivity contribution in [3.8, 4) is 0 Å². The summed E-state index contributed by atoms with van der Waals surface area (Å²) in [6.45, 7) is 0.629. The molecular weight excluding hydrogens is 358 g/mol. The molecule has 0 saturated carbocycles. The second-order valence-corrected chi connectivity index (χ2v) is 6.56. The minimum atomic E-state index is -0.294. The number of halogens is 3. The van der Waals surface area contributed by atoms with E-state index in [1.807, 2.05) is 0 Å². The monoisotopic (exact) mass is 372 g/mol. The number of rotatable bonds is 6. The normalized spacial score (nSPS) is 10.4. The fraction of sp³-hybridized carbons (Fsp3) is 0.188. The van der Waals surface area contributed by atoms with Crippen LogP contribution in [0.1, 0.15) is 5.56 Å². The number of thioether (sulfide) groups is 1. The molecule has 122 valence electrons. The van der Waals surface area contributed by atoms with Gasteiger partial charge < -0.3 is 10.6 Å². The third-order valence-electron chi connectivity index (χ3n) is 2.94. The molecule has 0 spiro atoms. The van der Waals surface area contributed by atoms with Crippen LogP contribution in [0.3, 0.4) is 0 Å². The van der Waals surface area contributed by atoms with Crippen LogP contribution < -0.4 is 10.6 Å². The van der Waals surface area contributed by atoms with Crippen LogP contribution in [-0.4, -0.2) is 17.4 Å². The van der Waals surface area contributed by atoms with E-state index in [2.05, 4.69) is 10.6 Å². The van der Waals surface area contributed by atoms with Gasteiger partial charge >= 0.3 is 0 Å². The molecule has 0 aliphatic rings. The van der Waals surface area contributed by atoms with Gasteiger partial charge in [0.1, 0.15) is 11.6 Å². The first-order chi connectivity index (χ1) is 11.1. The smallest absolute Gasteiger partial charge is 0.170 e. The lowest BCUT2D eigenvalue weighted by Gasteiger charge is -2.10. The molecule has 0 bridgehead atoms. The first-order valence-electron chi connectivity index (χ1n) is 6.87. The van der Waals surface area contributed by atoms with Gasteiger partial charge in [-0.3, -0.25) is 0 Å². The van der Waals surface area contributed by atoms with E-state index < -0.39 is 0 Å². The Morgan fingerprint density at radius 2 is 1.87 bits per heavy atom. The maximum atomic E-state index is 13.6.